The maximum atomic E-state index is 11.8. The Morgan fingerprint density at radius 2 is 1.92 bits per heavy atom. The molecule has 2 aromatic heterocycles. The fraction of sp³-hybridized carbons (Fsp3) is 0.615. The summed E-state index contributed by atoms with van der Waals surface area (Å²) < 4.78 is 19.2. The molecular formula is C26H39N7O4. The van der Waals surface area contributed by atoms with Crippen LogP contribution >= 0.6 is 0 Å². The number of amides is 1. The SMILES string of the molecule is COc1cc2nc(NCCCCNC(=O)CC(C)C)c3nnc(C)n3c2cc1OCCN1CCOCC1. The number of hydrogen-bond acceptors (Lipinski definition) is 9. The monoisotopic (exact) mass is 513 g/mol. The highest BCUT2D eigenvalue weighted by atomic mass is 16.5. The summed E-state index contributed by atoms with van der Waals surface area (Å²) in [7, 11) is 1.64. The fourth-order valence-corrected chi connectivity index (χ4v) is 4.41. The number of nitrogens with one attached hydrogen (secondary N) is 2. The number of benzene rings is 1. The average molecular weight is 514 g/mol. The number of unbranched alkanes of at least 4 members (excludes halogenated alkanes) is 1. The van der Waals surface area contributed by atoms with Crippen LogP contribution in [0.15, 0.2) is 12.1 Å². The lowest BCUT2D eigenvalue weighted by Gasteiger charge is -2.26. The number of rotatable bonds is 13. The lowest BCUT2D eigenvalue weighted by molar-refractivity contribution is -0.121. The van der Waals surface area contributed by atoms with Crippen molar-refractivity contribution >= 4 is 28.4 Å². The number of aromatic nitrogens is 4. The van der Waals surface area contributed by atoms with Gasteiger partial charge >= 0.3 is 0 Å². The van der Waals surface area contributed by atoms with Crippen LogP contribution in [0, 0.1) is 12.8 Å². The second kappa shape index (κ2) is 12.9. The number of carbonyl (C=O) groups excluding carboxylic acids is 1. The third-order valence-corrected chi connectivity index (χ3v) is 6.35. The van der Waals surface area contributed by atoms with E-state index in [2.05, 4.69) is 25.7 Å². The summed E-state index contributed by atoms with van der Waals surface area (Å²) in [6.07, 6.45) is 2.33. The van der Waals surface area contributed by atoms with E-state index in [0.29, 0.717) is 55.0 Å². The van der Waals surface area contributed by atoms with Crippen LogP contribution in [0.1, 0.15) is 38.9 Å². The van der Waals surface area contributed by atoms with Gasteiger partial charge in [-0.2, -0.15) is 0 Å². The Kier molecular flexibility index (Phi) is 9.34. The van der Waals surface area contributed by atoms with Gasteiger partial charge in [0.2, 0.25) is 11.6 Å². The van der Waals surface area contributed by atoms with Gasteiger partial charge in [-0.1, -0.05) is 13.8 Å². The Balaban J connectivity index is 1.43. The molecule has 3 heterocycles. The van der Waals surface area contributed by atoms with Crippen LogP contribution in [0.4, 0.5) is 5.82 Å². The number of hydrogen-bond donors (Lipinski definition) is 2. The van der Waals surface area contributed by atoms with E-state index in [1.165, 1.54) is 0 Å². The summed E-state index contributed by atoms with van der Waals surface area (Å²) in [5.41, 5.74) is 2.29. The lowest BCUT2D eigenvalue weighted by Crippen LogP contribution is -2.38. The van der Waals surface area contributed by atoms with Gasteiger partial charge in [-0.25, -0.2) is 4.98 Å². The number of nitrogens with zero attached hydrogens (tertiary/aromatic N) is 5. The van der Waals surface area contributed by atoms with Gasteiger partial charge in [0.05, 0.1) is 31.4 Å². The highest BCUT2D eigenvalue weighted by Gasteiger charge is 2.17. The van der Waals surface area contributed by atoms with Gasteiger partial charge in [0, 0.05) is 51.3 Å². The van der Waals surface area contributed by atoms with Crippen LogP contribution < -0.4 is 20.1 Å². The van der Waals surface area contributed by atoms with Gasteiger partial charge in [-0.05, 0) is 25.7 Å². The van der Waals surface area contributed by atoms with Gasteiger partial charge in [-0.3, -0.25) is 14.1 Å². The number of fused-ring (bicyclic) bond motifs is 3. The molecule has 1 aliphatic heterocycles. The zero-order valence-electron chi connectivity index (χ0n) is 22.4. The van der Waals surface area contributed by atoms with Crippen molar-refractivity contribution in [2.45, 2.75) is 40.0 Å². The van der Waals surface area contributed by atoms with Crippen LogP contribution in [0.5, 0.6) is 11.5 Å². The largest absolute Gasteiger partial charge is 0.493 e. The summed E-state index contributed by atoms with van der Waals surface area (Å²) in [5.74, 6) is 3.21. The van der Waals surface area contributed by atoms with Gasteiger partial charge in [0.15, 0.2) is 17.3 Å². The van der Waals surface area contributed by atoms with Crippen molar-refractivity contribution in [1.29, 1.82) is 0 Å². The first-order chi connectivity index (χ1) is 18.0. The maximum absolute atomic E-state index is 11.8. The van der Waals surface area contributed by atoms with Crippen molar-refractivity contribution in [3.63, 3.8) is 0 Å². The normalized spacial score (nSPS) is 14.4. The third-order valence-electron chi connectivity index (χ3n) is 6.35. The summed E-state index contributed by atoms with van der Waals surface area (Å²) in [6, 6.07) is 3.85. The Hall–Kier alpha value is -3.18. The quantitative estimate of drug-likeness (QED) is 0.333. The first-order valence-corrected chi connectivity index (χ1v) is 13.1. The minimum atomic E-state index is 0.109. The molecule has 1 aliphatic rings. The number of methoxy groups -OCH3 is 1. The summed E-state index contributed by atoms with van der Waals surface area (Å²) >= 11 is 0. The number of aryl methyl sites for hydroxylation is 1. The van der Waals surface area contributed by atoms with E-state index < -0.39 is 0 Å². The van der Waals surface area contributed by atoms with Crippen molar-refractivity contribution in [3.05, 3.63) is 18.0 Å². The number of ether oxygens (including phenoxy) is 3. The van der Waals surface area contributed by atoms with Crippen LogP contribution in [0.2, 0.25) is 0 Å². The minimum absolute atomic E-state index is 0.109. The third kappa shape index (κ3) is 6.98. The Labute approximate surface area is 217 Å². The molecular weight excluding hydrogens is 474 g/mol. The molecule has 11 heteroatoms. The molecule has 0 saturated carbocycles. The number of morpholine rings is 1. The molecule has 0 unspecified atom stereocenters. The van der Waals surface area contributed by atoms with Gasteiger partial charge in [0.25, 0.3) is 0 Å². The van der Waals surface area contributed by atoms with Gasteiger partial charge in [-0.15, -0.1) is 10.2 Å². The zero-order chi connectivity index (χ0) is 26.2. The van der Waals surface area contributed by atoms with Crippen molar-refractivity contribution in [2.75, 3.05) is 65.0 Å². The molecule has 1 aromatic carbocycles. The Morgan fingerprint density at radius 1 is 1.14 bits per heavy atom. The van der Waals surface area contributed by atoms with E-state index in [-0.39, 0.29) is 5.91 Å². The van der Waals surface area contributed by atoms with Crippen LogP contribution in [-0.4, -0.2) is 90.0 Å². The Morgan fingerprint density at radius 3 is 2.68 bits per heavy atom. The lowest BCUT2D eigenvalue weighted by atomic mass is 10.1. The molecule has 2 N–H and O–H groups in total. The first-order valence-electron chi connectivity index (χ1n) is 13.1. The molecule has 202 valence electrons. The van der Waals surface area contributed by atoms with E-state index in [1.54, 1.807) is 7.11 Å². The predicted octanol–water partition coefficient (Wildman–Crippen LogP) is 2.66. The fourth-order valence-electron chi connectivity index (χ4n) is 4.41. The molecule has 37 heavy (non-hydrogen) atoms. The van der Waals surface area contributed by atoms with Crippen LogP contribution in [0.3, 0.4) is 0 Å². The van der Waals surface area contributed by atoms with E-state index in [0.717, 1.165) is 62.5 Å². The van der Waals surface area contributed by atoms with E-state index in [9.17, 15) is 4.79 Å². The van der Waals surface area contributed by atoms with Crippen molar-refractivity contribution < 1.29 is 19.0 Å². The van der Waals surface area contributed by atoms with E-state index in [1.807, 2.05) is 37.3 Å². The second-order valence-electron chi connectivity index (χ2n) is 9.74. The predicted molar refractivity (Wildman–Crippen MR) is 143 cm³/mol. The molecule has 3 aromatic rings. The summed E-state index contributed by atoms with van der Waals surface area (Å²) in [5, 5.41) is 15.0. The van der Waals surface area contributed by atoms with E-state index in [4.69, 9.17) is 19.2 Å². The number of anilines is 1. The van der Waals surface area contributed by atoms with Gasteiger partial charge in [0.1, 0.15) is 12.4 Å². The highest BCUT2D eigenvalue weighted by Crippen LogP contribution is 2.33. The molecule has 4 rings (SSSR count). The molecule has 11 nitrogen and oxygen atoms in total. The van der Waals surface area contributed by atoms with Crippen LogP contribution in [-0.2, 0) is 9.53 Å². The molecule has 0 bridgehead atoms. The van der Waals surface area contributed by atoms with E-state index >= 15 is 0 Å². The van der Waals surface area contributed by atoms with Gasteiger partial charge < -0.3 is 24.8 Å². The molecule has 0 spiro atoms. The van der Waals surface area contributed by atoms with Crippen molar-refractivity contribution in [1.82, 2.24) is 29.8 Å². The zero-order valence-corrected chi connectivity index (χ0v) is 22.4. The summed E-state index contributed by atoms with van der Waals surface area (Å²) in [6.45, 7) is 12.1. The maximum Gasteiger partial charge on any atom is 0.220 e. The Bertz CT molecular complexity index is 1190. The smallest absolute Gasteiger partial charge is 0.220 e. The number of carbonyl (C=O) groups is 1. The second-order valence-corrected chi connectivity index (χ2v) is 9.74. The molecule has 0 aliphatic carbocycles. The van der Waals surface area contributed by atoms with Crippen LogP contribution in [0.25, 0.3) is 16.7 Å². The highest BCUT2D eigenvalue weighted by molar-refractivity contribution is 5.86. The van der Waals surface area contributed by atoms with Crippen molar-refractivity contribution in [3.8, 4) is 11.5 Å². The average Bonchev–Trinajstić information content (AvgIpc) is 3.28. The molecule has 0 radical (unpaired) electrons. The molecule has 1 amide bonds. The summed E-state index contributed by atoms with van der Waals surface area (Å²) in [4.78, 5) is 19.0. The molecule has 1 saturated heterocycles. The molecule has 0 atom stereocenters. The first kappa shape index (κ1) is 26.9. The van der Waals surface area contributed by atoms with Crippen molar-refractivity contribution in [2.24, 2.45) is 5.92 Å². The minimum Gasteiger partial charge on any atom is -0.493 e. The standard InChI is InChI=1S/C26H39N7O4/c1-18(2)15-24(34)27-7-5-6-8-28-25-26-31-30-19(3)33(26)21-17-23(22(35-4)16-20(21)29-25)37-14-11-32-9-12-36-13-10-32/h16-18H,5-15H2,1-4H3,(H,27,34)(H,28,29). The topological polar surface area (TPSA) is 115 Å². The molecule has 1 fully saturated rings.